The van der Waals surface area contributed by atoms with Gasteiger partial charge in [-0.25, -0.2) is 5.43 Å². The Kier molecular flexibility index (Phi) is 4.96. The monoisotopic (exact) mass is 357 g/mol. The van der Waals surface area contributed by atoms with Gasteiger partial charge in [-0.2, -0.15) is 5.10 Å². The van der Waals surface area contributed by atoms with Crippen molar-refractivity contribution in [1.29, 1.82) is 0 Å². The second kappa shape index (κ2) is 6.75. The van der Waals surface area contributed by atoms with Crippen molar-refractivity contribution in [3.05, 3.63) is 16.4 Å². The zero-order valence-corrected chi connectivity index (χ0v) is 14.1. The fourth-order valence-corrected chi connectivity index (χ4v) is 4.02. The van der Waals surface area contributed by atoms with Crippen LogP contribution in [-0.2, 0) is 11.3 Å². The summed E-state index contributed by atoms with van der Waals surface area (Å²) in [7, 11) is 0. The summed E-state index contributed by atoms with van der Waals surface area (Å²) in [5, 5.41) is 4.44. The maximum absolute atomic E-state index is 6.11. The van der Waals surface area contributed by atoms with Crippen molar-refractivity contribution in [1.82, 2.24) is 20.1 Å². The van der Waals surface area contributed by atoms with Gasteiger partial charge in [0.25, 0.3) is 0 Å². The highest BCUT2D eigenvalue weighted by molar-refractivity contribution is 9.10. The van der Waals surface area contributed by atoms with Crippen LogP contribution in [0.3, 0.4) is 0 Å². The largest absolute Gasteiger partial charge is 0.373 e. The Morgan fingerprint density at radius 2 is 2.48 bits per heavy atom. The summed E-state index contributed by atoms with van der Waals surface area (Å²) in [6.07, 6.45) is 5.48. The maximum Gasteiger partial charge on any atom is 0.0925 e. The number of hydrogen-bond donors (Lipinski definition) is 2. The highest BCUT2D eigenvalue weighted by Crippen LogP contribution is 2.31. The van der Waals surface area contributed by atoms with Crippen molar-refractivity contribution in [2.24, 2.45) is 5.84 Å². The van der Waals surface area contributed by atoms with Gasteiger partial charge >= 0.3 is 0 Å². The number of hydrazine groups is 1. The topological polar surface area (TPSA) is 68.3 Å². The van der Waals surface area contributed by atoms with Crippen molar-refractivity contribution in [3.63, 3.8) is 0 Å². The van der Waals surface area contributed by atoms with E-state index in [9.17, 15) is 0 Å². The van der Waals surface area contributed by atoms with Crippen molar-refractivity contribution in [2.45, 2.75) is 50.9 Å². The molecule has 3 rings (SSSR count). The average molecular weight is 358 g/mol. The smallest absolute Gasteiger partial charge is 0.0925 e. The van der Waals surface area contributed by atoms with Crippen LogP contribution in [0.15, 0.2) is 10.7 Å². The van der Waals surface area contributed by atoms with Crippen molar-refractivity contribution < 1.29 is 4.74 Å². The third-order valence-electron chi connectivity index (χ3n) is 4.53. The van der Waals surface area contributed by atoms with Gasteiger partial charge in [-0.1, -0.05) is 6.92 Å². The third-order valence-corrected chi connectivity index (χ3v) is 5.14. The molecule has 6 nitrogen and oxygen atoms in total. The summed E-state index contributed by atoms with van der Waals surface area (Å²) in [6, 6.07) is 0.554. The highest BCUT2D eigenvalue weighted by atomic mass is 79.9. The molecule has 0 aliphatic carbocycles. The van der Waals surface area contributed by atoms with Crippen LogP contribution >= 0.6 is 15.9 Å². The van der Waals surface area contributed by atoms with Gasteiger partial charge in [0.15, 0.2) is 0 Å². The Morgan fingerprint density at radius 1 is 1.62 bits per heavy atom. The lowest BCUT2D eigenvalue weighted by Crippen LogP contribution is -2.52. The first kappa shape index (κ1) is 15.4. The van der Waals surface area contributed by atoms with Crippen molar-refractivity contribution in [2.75, 3.05) is 19.7 Å². The summed E-state index contributed by atoms with van der Waals surface area (Å²) in [5.41, 5.74) is 4.04. The van der Waals surface area contributed by atoms with Gasteiger partial charge in [0.05, 0.1) is 35.1 Å². The zero-order valence-electron chi connectivity index (χ0n) is 12.5. The number of fused-ring (bicyclic) bond motifs is 1. The number of nitrogens with one attached hydrogen (secondary N) is 1. The number of hydrogen-bond acceptors (Lipinski definition) is 5. The fourth-order valence-electron chi connectivity index (χ4n) is 3.48. The SMILES string of the molecule is CCCn1ncc(Br)c1C(NN)C1CN2CCCC2CO1. The molecule has 0 bridgehead atoms. The summed E-state index contributed by atoms with van der Waals surface area (Å²) in [4.78, 5) is 2.53. The van der Waals surface area contributed by atoms with Crippen LogP contribution in [0.25, 0.3) is 0 Å². The molecule has 3 heterocycles. The quantitative estimate of drug-likeness (QED) is 0.616. The van der Waals surface area contributed by atoms with Gasteiger partial charge < -0.3 is 4.74 Å². The van der Waals surface area contributed by atoms with Crippen LogP contribution in [0.2, 0.25) is 0 Å². The number of halogens is 1. The Labute approximate surface area is 134 Å². The van der Waals surface area contributed by atoms with Crippen LogP contribution in [0.1, 0.15) is 37.9 Å². The maximum atomic E-state index is 6.11. The van der Waals surface area contributed by atoms with Crippen LogP contribution in [0, 0.1) is 0 Å². The molecule has 3 unspecified atom stereocenters. The van der Waals surface area contributed by atoms with E-state index in [-0.39, 0.29) is 12.1 Å². The standard InChI is InChI=1S/C14H24BrN5O/c1-2-5-20-14(11(15)7-17-20)13(18-16)12-8-19-6-3-4-10(19)9-21-12/h7,10,12-13,18H,2-6,8-9,16H2,1H3. The zero-order chi connectivity index (χ0) is 14.8. The Morgan fingerprint density at radius 3 is 3.24 bits per heavy atom. The van der Waals surface area contributed by atoms with E-state index in [2.05, 4.69) is 38.3 Å². The van der Waals surface area contributed by atoms with E-state index in [0.717, 1.165) is 36.3 Å². The first-order valence-corrected chi connectivity index (χ1v) is 8.56. The van der Waals surface area contributed by atoms with Crippen LogP contribution in [0.4, 0.5) is 0 Å². The number of aryl methyl sites for hydroxylation is 1. The minimum absolute atomic E-state index is 0.0463. The van der Waals surface area contributed by atoms with E-state index in [1.54, 1.807) is 0 Å². The summed E-state index contributed by atoms with van der Waals surface area (Å²) < 4.78 is 9.12. The van der Waals surface area contributed by atoms with E-state index in [1.165, 1.54) is 19.4 Å². The molecular formula is C14H24BrN5O. The number of nitrogens with zero attached hydrogens (tertiary/aromatic N) is 3. The number of rotatable bonds is 5. The molecule has 3 N–H and O–H groups in total. The van der Waals surface area contributed by atoms with E-state index in [1.807, 2.05) is 10.9 Å². The van der Waals surface area contributed by atoms with Crippen molar-refractivity contribution in [3.8, 4) is 0 Å². The van der Waals surface area contributed by atoms with E-state index in [0.29, 0.717) is 6.04 Å². The molecule has 0 amide bonds. The summed E-state index contributed by atoms with van der Waals surface area (Å²) in [6.45, 7) is 5.96. The fraction of sp³-hybridized carbons (Fsp3) is 0.786. The second-order valence-corrected chi connectivity index (χ2v) is 6.76. The lowest BCUT2D eigenvalue weighted by atomic mass is 10.0. The predicted molar refractivity (Wildman–Crippen MR) is 84.6 cm³/mol. The summed E-state index contributed by atoms with van der Waals surface area (Å²) >= 11 is 3.60. The first-order valence-electron chi connectivity index (χ1n) is 7.77. The van der Waals surface area contributed by atoms with E-state index < -0.39 is 0 Å². The van der Waals surface area contributed by atoms with Crippen LogP contribution in [0.5, 0.6) is 0 Å². The van der Waals surface area contributed by atoms with Gasteiger partial charge in [0.2, 0.25) is 0 Å². The lowest BCUT2D eigenvalue weighted by Gasteiger charge is -2.38. The van der Waals surface area contributed by atoms with E-state index in [4.69, 9.17) is 10.6 Å². The first-order chi connectivity index (χ1) is 10.2. The predicted octanol–water partition coefficient (Wildman–Crippen LogP) is 1.42. The molecule has 21 heavy (non-hydrogen) atoms. The van der Waals surface area contributed by atoms with Crippen LogP contribution < -0.4 is 11.3 Å². The third kappa shape index (κ3) is 3.03. The number of nitrogens with two attached hydrogens (primary N) is 1. The summed E-state index contributed by atoms with van der Waals surface area (Å²) in [5.74, 6) is 5.86. The lowest BCUT2D eigenvalue weighted by molar-refractivity contribution is -0.0666. The molecule has 7 heteroatoms. The van der Waals surface area contributed by atoms with Crippen molar-refractivity contribution >= 4 is 15.9 Å². The molecule has 3 atom stereocenters. The average Bonchev–Trinajstić information content (AvgIpc) is 3.09. The number of ether oxygens (including phenoxy) is 1. The number of morpholine rings is 1. The minimum Gasteiger partial charge on any atom is -0.373 e. The number of aromatic nitrogens is 2. The molecule has 2 fully saturated rings. The molecule has 2 aliphatic rings. The van der Waals surface area contributed by atoms with E-state index >= 15 is 0 Å². The van der Waals surface area contributed by atoms with Gasteiger partial charge in [0, 0.05) is 19.1 Å². The van der Waals surface area contributed by atoms with Gasteiger partial charge in [-0.3, -0.25) is 15.4 Å². The minimum atomic E-state index is -0.0463. The Bertz CT molecular complexity index is 480. The van der Waals surface area contributed by atoms with Gasteiger partial charge in [0.1, 0.15) is 0 Å². The molecule has 0 saturated carbocycles. The normalized spacial score (nSPS) is 27.8. The molecule has 2 aliphatic heterocycles. The molecule has 0 radical (unpaired) electrons. The van der Waals surface area contributed by atoms with Gasteiger partial charge in [-0.05, 0) is 41.7 Å². The molecule has 0 spiro atoms. The Hall–Kier alpha value is -0.470. The molecule has 118 valence electrons. The Balaban J connectivity index is 1.80. The second-order valence-electron chi connectivity index (χ2n) is 5.91. The molecule has 2 saturated heterocycles. The molecule has 1 aromatic heterocycles. The molecule has 0 aromatic carbocycles. The van der Waals surface area contributed by atoms with Crippen LogP contribution in [-0.4, -0.2) is 46.5 Å². The molecule has 1 aromatic rings. The highest BCUT2D eigenvalue weighted by Gasteiger charge is 2.37. The van der Waals surface area contributed by atoms with Gasteiger partial charge in [-0.15, -0.1) is 0 Å². The molecular weight excluding hydrogens is 334 g/mol.